The predicted octanol–water partition coefficient (Wildman–Crippen LogP) is 11.2. The normalized spacial score (nSPS) is 14.2. The SMILES string of the molecule is CC/C=C\C/C=C\C/C=C\CCCCCCCC(=O)OC(COC(=O)CCCCCCC/C=C\C/C=C\CCC)COP(=O)(O)OCC. The molecule has 0 fully saturated rings. The second-order valence-corrected chi connectivity index (χ2v) is 13.3. The van der Waals surface area contributed by atoms with Crippen molar-refractivity contribution in [2.45, 2.75) is 155 Å². The molecule has 0 aromatic heterocycles. The van der Waals surface area contributed by atoms with Gasteiger partial charge in [0.05, 0.1) is 13.2 Å². The number of hydrogen-bond donors (Lipinski definition) is 1. The van der Waals surface area contributed by atoms with Gasteiger partial charge in [-0.2, -0.15) is 0 Å². The molecule has 0 bridgehead atoms. The predicted molar refractivity (Wildman–Crippen MR) is 198 cm³/mol. The Hall–Kier alpha value is -2.25. The first kappa shape index (κ1) is 45.8. The molecular formula is C39H67O8P. The van der Waals surface area contributed by atoms with Crippen LogP contribution in [0.2, 0.25) is 0 Å². The fraction of sp³-hybridized carbons (Fsp3) is 0.692. The maximum atomic E-state index is 12.5. The zero-order valence-electron chi connectivity index (χ0n) is 30.4. The van der Waals surface area contributed by atoms with E-state index in [1.807, 2.05) is 0 Å². The van der Waals surface area contributed by atoms with Gasteiger partial charge in [-0.05, 0) is 77.6 Å². The first-order valence-corrected chi connectivity index (χ1v) is 20.1. The Bertz CT molecular complexity index is 969. The fourth-order valence-corrected chi connectivity index (χ4v) is 5.38. The van der Waals surface area contributed by atoms with E-state index in [1.165, 1.54) is 6.42 Å². The maximum absolute atomic E-state index is 12.5. The van der Waals surface area contributed by atoms with Gasteiger partial charge in [0.25, 0.3) is 0 Å². The summed E-state index contributed by atoms with van der Waals surface area (Å²) in [5.74, 6) is -0.842. The van der Waals surface area contributed by atoms with Crippen molar-refractivity contribution in [3.05, 3.63) is 60.8 Å². The van der Waals surface area contributed by atoms with E-state index in [-0.39, 0.29) is 26.1 Å². The molecule has 2 unspecified atom stereocenters. The Kier molecular flexibility index (Phi) is 33.0. The Morgan fingerprint density at radius 2 is 1.06 bits per heavy atom. The van der Waals surface area contributed by atoms with Gasteiger partial charge in [0.15, 0.2) is 6.10 Å². The van der Waals surface area contributed by atoms with Crippen molar-refractivity contribution in [1.29, 1.82) is 0 Å². The third-order valence-electron chi connectivity index (χ3n) is 7.29. The Morgan fingerprint density at radius 1 is 0.583 bits per heavy atom. The van der Waals surface area contributed by atoms with E-state index in [0.717, 1.165) is 103 Å². The number of ether oxygens (including phenoxy) is 2. The van der Waals surface area contributed by atoms with Crippen LogP contribution in [-0.4, -0.2) is 42.8 Å². The van der Waals surface area contributed by atoms with Gasteiger partial charge < -0.3 is 14.4 Å². The first-order chi connectivity index (χ1) is 23.3. The van der Waals surface area contributed by atoms with Gasteiger partial charge in [0.2, 0.25) is 0 Å². The monoisotopic (exact) mass is 694 g/mol. The number of carbonyl (C=O) groups is 2. The first-order valence-electron chi connectivity index (χ1n) is 18.6. The van der Waals surface area contributed by atoms with Gasteiger partial charge in [0.1, 0.15) is 6.61 Å². The molecule has 0 aromatic rings. The average Bonchev–Trinajstić information content (AvgIpc) is 3.06. The molecule has 0 saturated heterocycles. The summed E-state index contributed by atoms with van der Waals surface area (Å²) in [6, 6.07) is 0. The molecule has 0 aliphatic rings. The van der Waals surface area contributed by atoms with Crippen molar-refractivity contribution in [3.63, 3.8) is 0 Å². The zero-order valence-corrected chi connectivity index (χ0v) is 31.3. The van der Waals surface area contributed by atoms with Crippen molar-refractivity contribution >= 4 is 19.8 Å². The molecule has 0 saturated carbocycles. The minimum absolute atomic E-state index is 0.00846. The second-order valence-electron chi connectivity index (χ2n) is 11.9. The number of esters is 2. The quantitative estimate of drug-likeness (QED) is 0.0313. The van der Waals surface area contributed by atoms with E-state index >= 15 is 0 Å². The van der Waals surface area contributed by atoms with Crippen molar-refractivity contribution in [2.24, 2.45) is 0 Å². The highest BCUT2D eigenvalue weighted by Crippen LogP contribution is 2.43. The highest BCUT2D eigenvalue weighted by atomic mass is 31.2. The maximum Gasteiger partial charge on any atom is 0.472 e. The van der Waals surface area contributed by atoms with Crippen molar-refractivity contribution in [1.82, 2.24) is 0 Å². The van der Waals surface area contributed by atoms with E-state index < -0.39 is 32.5 Å². The average molecular weight is 695 g/mol. The number of phosphoric ester groups is 1. The highest BCUT2D eigenvalue weighted by Gasteiger charge is 2.25. The number of rotatable bonds is 33. The van der Waals surface area contributed by atoms with Gasteiger partial charge in [0, 0.05) is 12.8 Å². The van der Waals surface area contributed by atoms with Crippen LogP contribution in [0.1, 0.15) is 149 Å². The molecule has 9 heteroatoms. The van der Waals surface area contributed by atoms with Crippen LogP contribution in [0.25, 0.3) is 0 Å². The Labute approximate surface area is 292 Å². The fourth-order valence-electron chi connectivity index (χ4n) is 4.62. The van der Waals surface area contributed by atoms with Crippen molar-refractivity contribution in [2.75, 3.05) is 19.8 Å². The lowest BCUT2D eigenvalue weighted by Gasteiger charge is -2.19. The summed E-state index contributed by atoms with van der Waals surface area (Å²) in [5.41, 5.74) is 0. The molecule has 0 aliphatic carbocycles. The van der Waals surface area contributed by atoms with Crippen LogP contribution in [0.3, 0.4) is 0 Å². The topological polar surface area (TPSA) is 108 Å². The Morgan fingerprint density at radius 3 is 1.60 bits per heavy atom. The number of allylic oxidation sites excluding steroid dienone is 10. The molecule has 2 atom stereocenters. The third-order valence-corrected chi connectivity index (χ3v) is 8.35. The van der Waals surface area contributed by atoms with Gasteiger partial charge in [-0.15, -0.1) is 0 Å². The molecule has 0 amide bonds. The minimum Gasteiger partial charge on any atom is -0.462 e. The smallest absolute Gasteiger partial charge is 0.462 e. The lowest BCUT2D eigenvalue weighted by molar-refractivity contribution is -0.161. The summed E-state index contributed by atoms with van der Waals surface area (Å²) in [6.45, 7) is 5.23. The number of hydrogen-bond acceptors (Lipinski definition) is 7. The summed E-state index contributed by atoms with van der Waals surface area (Å²) in [6.07, 6.45) is 39.8. The molecule has 0 heterocycles. The minimum atomic E-state index is -4.28. The van der Waals surface area contributed by atoms with E-state index in [0.29, 0.717) is 6.42 Å². The molecule has 0 aliphatic heterocycles. The molecule has 0 aromatic carbocycles. The standard InChI is InChI=1S/C39H67O8P/c1-4-7-9-11-13-15-17-19-20-22-24-26-28-30-32-34-39(41)47-37(36-46-48(42,43)45-6-3)35-44-38(40)33-31-29-27-25-23-21-18-16-14-12-10-8-5-2/h7,9-10,12-13,15-16,18-20,37H,4-6,8,11,14,17,21-36H2,1-3H3,(H,42,43)/b9-7-,12-10-,15-13-,18-16-,20-19-. The molecule has 276 valence electrons. The molecule has 0 radical (unpaired) electrons. The van der Waals surface area contributed by atoms with E-state index in [1.54, 1.807) is 6.92 Å². The van der Waals surface area contributed by atoms with E-state index in [9.17, 15) is 19.0 Å². The highest BCUT2D eigenvalue weighted by molar-refractivity contribution is 7.47. The number of unbranched alkanes of at least 4 members (excludes halogenated alkanes) is 11. The summed E-state index contributed by atoms with van der Waals surface area (Å²) in [4.78, 5) is 34.6. The van der Waals surface area contributed by atoms with Gasteiger partial charge >= 0.3 is 19.8 Å². The van der Waals surface area contributed by atoms with Crippen LogP contribution in [0.4, 0.5) is 0 Å². The van der Waals surface area contributed by atoms with E-state index in [4.69, 9.17) is 18.5 Å². The summed E-state index contributed by atoms with van der Waals surface area (Å²) < 4.78 is 32.5. The van der Waals surface area contributed by atoms with Crippen LogP contribution < -0.4 is 0 Å². The summed E-state index contributed by atoms with van der Waals surface area (Å²) >= 11 is 0. The molecule has 8 nitrogen and oxygen atoms in total. The number of carbonyl (C=O) groups excluding carboxylic acids is 2. The summed E-state index contributed by atoms with van der Waals surface area (Å²) in [7, 11) is -4.28. The molecule has 0 spiro atoms. The van der Waals surface area contributed by atoms with Crippen LogP contribution >= 0.6 is 7.82 Å². The van der Waals surface area contributed by atoms with Crippen LogP contribution in [0.5, 0.6) is 0 Å². The molecule has 48 heavy (non-hydrogen) atoms. The largest absolute Gasteiger partial charge is 0.472 e. The van der Waals surface area contributed by atoms with Gasteiger partial charge in [-0.1, -0.05) is 120 Å². The van der Waals surface area contributed by atoms with Crippen molar-refractivity contribution < 1.29 is 37.6 Å². The lowest BCUT2D eigenvalue weighted by Crippen LogP contribution is -2.29. The van der Waals surface area contributed by atoms with Gasteiger partial charge in [-0.25, -0.2) is 4.57 Å². The van der Waals surface area contributed by atoms with Crippen LogP contribution in [0.15, 0.2) is 60.8 Å². The zero-order chi connectivity index (χ0) is 35.4. The second kappa shape index (κ2) is 34.6. The molecular weight excluding hydrogens is 627 g/mol. The summed E-state index contributed by atoms with van der Waals surface area (Å²) in [5, 5.41) is 0. The van der Waals surface area contributed by atoms with Gasteiger partial charge in [-0.3, -0.25) is 18.6 Å². The Balaban J connectivity index is 4.23. The number of phosphoric acid groups is 1. The third kappa shape index (κ3) is 33.6. The van der Waals surface area contributed by atoms with E-state index in [2.05, 4.69) is 74.6 Å². The van der Waals surface area contributed by atoms with Crippen LogP contribution in [-0.2, 0) is 32.7 Å². The van der Waals surface area contributed by atoms with Crippen molar-refractivity contribution in [3.8, 4) is 0 Å². The molecule has 0 rings (SSSR count). The van der Waals surface area contributed by atoms with Crippen LogP contribution in [0, 0.1) is 0 Å². The lowest BCUT2D eigenvalue weighted by atomic mass is 10.1. The molecule has 1 N–H and O–H groups in total.